The number of hydrogen-bond acceptors (Lipinski definition) is 12. The maximum Gasteiger partial charge on any atom is 0.203 e. The number of fused-ring (bicyclic) bond motifs is 6. The van der Waals surface area contributed by atoms with Gasteiger partial charge in [-0.25, -0.2) is 0 Å². The van der Waals surface area contributed by atoms with Crippen LogP contribution in [0, 0.1) is 11.8 Å². The molecule has 0 amide bonds. The second-order valence-corrected chi connectivity index (χ2v) is 17.5. The van der Waals surface area contributed by atoms with E-state index in [0.717, 1.165) is 56.1 Å². The molecule has 2 spiro atoms. The van der Waals surface area contributed by atoms with Gasteiger partial charge in [-0.15, -0.1) is 0 Å². The molecule has 18 atom stereocenters. The summed E-state index contributed by atoms with van der Waals surface area (Å²) in [4.78, 5) is 14.0. The van der Waals surface area contributed by atoms with E-state index in [2.05, 4.69) is 20.1 Å². The Labute approximate surface area is 306 Å². The molecule has 0 aromatic heterocycles. The average Bonchev–Trinajstić information content (AvgIpc) is 3.78. The maximum atomic E-state index is 14.0. The SMILES string of the molecule is C=C1C[C@@H]2CC[C@]34C[C@@H]5OC6(C[C@H]7O[C@H](CC[C@@H]7OC6[C@@H]5O3)CC(=O)C[C@@H]3[C@@H](OC)[C@@H](C[C@H](O)CO)O[C@H]3C[C@H]3O[C@@H](CC[C@@H]1O2)C[C@@H](C)C3=C)O4. The number of carbonyl (C=O) groups is 1. The summed E-state index contributed by atoms with van der Waals surface area (Å²) in [7, 11) is 1.63. The number of carbonyl (C=O) groups excluding carboxylic acids is 1. The van der Waals surface area contributed by atoms with Crippen molar-refractivity contribution in [3.05, 3.63) is 24.3 Å². The van der Waals surface area contributed by atoms with Crippen LogP contribution in [-0.4, -0.2) is 127 Å². The highest BCUT2D eigenvalue weighted by molar-refractivity contribution is 5.79. The first kappa shape index (κ1) is 36.4. The standard InChI is InChI=1S/C40H58O12/c1-20-11-25-5-7-29-21(2)12-27(45-29)9-10-39-17-35-37(51-39)38-40(50-35,52-39)18-34-30(49-38)8-6-26(47-34)13-23(42)14-28-32(16-31(46-25)22(20)3)48-33(36(28)44-4)15-24(43)19-41/h20,24-38,41,43H,2-3,5-19H2,1,4H3/t20-,24+,25+,26-,27+,28+,29+,30+,31-,32+,33-,34-,35+,36-,37-,38?,39+,40?/m1/s1. The smallest absolute Gasteiger partial charge is 0.203 e. The molecule has 0 aliphatic carbocycles. The molecule has 12 nitrogen and oxygen atoms in total. The maximum absolute atomic E-state index is 14.0. The predicted molar refractivity (Wildman–Crippen MR) is 184 cm³/mol. The van der Waals surface area contributed by atoms with E-state index < -0.39 is 29.9 Å². The van der Waals surface area contributed by atoms with Crippen molar-refractivity contribution in [3.8, 4) is 0 Å². The van der Waals surface area contributed by atoms with Crippen LogP contribution in [-0.2, 0) is 47.4 Å². The summed E-state index contributed by atoms with van der Waals surface area (Å²) in [6, 6.07) is 0. The molecular formula is C40H58O12. The first-order valence-corrected chi connectivity index (χ1v) is 20.1. The number of aliphatic hydroxyl groups excluding tert-OH is 2. The molecule has 10 aliphatic heterocycles. The van der Waals surface area contributed by atoms with Crippen molar-refractivity contribution in [2.75, 3.05) is 13.7 Å². The number of ether oxygens (including phenoxy) is 9. The average molecular weight is 731 g/mol. The fourth-order valence-electron chi connectivity index (χ4n) is 11.3. The van der Waals surface area contributed by atoms with Crippen molar-refractivity contribution in [3.63, 3.8) is 0 Å². The van der Waals surface area contributed by atoms with Crippen molar-refractivity contribution < 1.29 is 57.6 Å². The van der Waals surface area contributed by atoms with Gasteiger partial charge in [-0.2, -0.15) is 0 Å². The molecule has 0 aromatic rings. The van der Waals surface area contributed by atoms with Crippen molar-refractivity contribution in [1.82, 2.24) is 0 Å². The van der Waals surface area contributed by atoms with Gasteiger partial charge in [0, 0.05) is 58.0 Å². The summed E-state index contributed by atoms with van der Waals surface area (Å²) in [5.41, 5.74) is 2.17. The Morgan fingerprint density at radius 3 is 2.48 bits per heavy atom. The number of methoxy groups -OCH3 is 1. The van der Waals surface area contributed by atoms with Gasteiger partial charge in [0.1, 0.15) is 18.0 Å². The molecule has 10 rings (SSSR count). The Morgan fingerprint density at radius 2 is 1.65 bits per heavy atom. The second-order valence-electron chi connectivity index (χ2n) is 17.5. The van der Waals surface area contributed by atoms with Gasteiger partial charge in [0.05, 0.1) is 79.9 Å². The van der Waals surface area contributed by atoms with Crippen molar-refractivity contribution in [2.24, 2.45) is 11.8 Å². The highest BCUT2D eigenvalue weighted by Gasteiger charge is 2.74. The Balaban J connectivity index is 0.976. The Bertz CT molecular complexity index is 1390. The Hall–Kier alpha value is -1.29. The summed E-state index contributed by atoms with van der Waals surface area (Å²) in [5.74, 6) is -1.55. The molecule has 10 saturated heterocycles. The number of aliphatic hydroxyl groups is 2. The third-order valence-corrected chi connectivity index (χ3v) is 13.9. The zero-order valence-electron chi connectivity index (χ0n) is 30.7. The zero-order chi connectivity index (χ0) is 35.9. The lowest BCUT2D eigenvalue weighted by Gasteiger charge is -2.54. The largest absolute Gasteiger partial charge is 0.394 e. The topological polar surface area (TPSA) is 141 Å². The van der Waals surface area contributed by atoms with Crippen LogP contribution in [0.1, 0.15) is 96.8 Å². The molecule has 52 heavy (non-hydrogen) atoms. The highest BCUT2D eigenvalue weighted by atomic mass is 16.9. The fourth-order valence-corrected chi connectivity index (χ4v) is 11.3. The normalized spacial score (nSPS) is 52.4. The minimum absolute atomic E-state index is 0.0226. The van der Waals surface area contributed by atoms with E-state index in [1.807, 2.05) is 0 Å². The minimum atomic E-state index is -0.949. The number of hydrogen-bond donors (Lipinski definition) is 2. The van der Waals surface area contributed by atoms with Crippen LogP contribution in [0.4, 0.5) is 0 Å². The van der Waals surface area contributed by atoms with E-state index in [9.17, 15) is 15.0 Å². The number of Topliss-reactive ketones (excluding diaryl/α,β-unsaturated/α-hetero) is 1. The van der Waals surface area contributed by atoms with Gasteiger partial charge in [-0.3, -0.25) is 4.79 Å². The van der Waals surface area contributed by atoms with Gasteiger partial charge in [0.15, 0.2) is 5.79 Å². The fraction of sp³-hybridized carbons (Fsp3) is 0.875. The highest BCUT2D eigenvalue weighted by Crippen LogP contribution is 2.60. The number of rotatable bonds is 4. The summed E-state index contributed by atoms with van der Waals surface area (Å²) in [6.45, 7) is 10.7. The summed E-state index contributed by atoms with van der Waals surface area (Å²) in [5, 5.41) is 20.0. The lowest BCUT2D eigenvalue weighted by atomic mass is 9.81. The van der Waals surface area contributed by atoms with E-state index in [4.69, 9.17) is 42.6 Å². The van der Waals surface area contributed by atoms with Gasteiger partial charge in [0.25, 0.3) is 0 Å². The van der Waals surface area contributed by atoms with E-state index in [1.165, 1.54) is 0 Å². The lowest BCUT2D eigenvalue weighted by Crippen LogP contribution is -2.66. The third kappa shape index (κ3) is 6.49. The first-order valence-electron chi connectivity index (χ1n) is 20.1. The van der Waals surface area contributed by atoms with Crippen molar-refractivity contribution >= 4 is 5.78 Å². The molecule has 10 aliphatic rings. The van der Waals surface area contributed by atoms with Crippen LogP contribution in [0.2, 0.25) is 0 Å². The molecule has 10 bridgehead atoms. The van der Waals surface area contributed by atoms with Crippen molar-refractivity contribution in [2.45, 2.75) is 194 Å². The predicted octanol–water partition coefficient (Wildman–Crippen LogP) is 3.82. The molecular weight excluding hydrogens is 672 g/mol. The zero-order valence-corrected chi connectivity index (χ0v) is 30.7. The molecule has 0 radical (unpaired) electrons. The molecule has 0 aromatic carbocycles. The van der Waals surface area contributed by atoms with Gasteiger partial charge in [-0.1, -0.05) is 20.1 Å². The lowest BCUT2D eigenvalue weighted by molar-refractivity contribution is -0.442. The van der Waals surface area contributed by atoms with E-state index in [-0.39, 0.29) is 111 Å². The summed E-state index contributed by atoms with van der Waals surface area (Å²) in [6.07, 6.45) is 5.43. The molecule has 10 heterocycles. The van der Waals surface area contributed by atoms with Crippen LogP contribution in [0.5, 0.6) is 0 Å². The van der Waals surface area contributed by atoms with Crippen molar-refractivity contribution in [1.29, 1.82) is 0 Å². The van der Waals surface area contributed by atoms with Gasteiger partial charge in [0.2, 0.25) is 5.79 Å². The van der Waals surface area contributed by atoms with Crippen LogP contribution in [0.25, 0.3) is 0 Å². The quantitative estimate of drug-likeness (QED) is 0.407. The molecule has 290 valence electrons. The van der Waals surface area contributed by atoms with Crippen LogP contribution in [0.15, 0.2) is 24.3 Å². The van der Waals surface area contributed by atoms with Crippen LogP contribution in [0.3, 0.4) is 0 Å². The minimum Gasteiger partial charge on any atom is -0.394 e. The van der Waals surface area contributed by atoms with Crippen LogP contribution >= 0.6 is 0 Å². The van der Waals surface area contributed by atoms with E-state index >= 15 is 0 Å². The van der Waals surface area contributed by atoms with E-state index in [0.29, 0.717) is 25.7 Å². The Kier molecular flexibility index (Phi) is 9.80. The summed E-state index contributed by atoms with van der Waals surface area (Å²) >= 11 is 0. The molecule has 2 N–H and O–H groups in total. The summed E-state index contributed by atoms with van der Waals surface area (Å²) < 4.78 is 59.4. The van der Waals surface area contributed by atoms with Gasteiger partial charge >= 0.3 is 0 Å². The molecule has 2 unspecified atom stereocenters. The molecule has 10 fully saturated rings. The third-order valence-electron chi connectivity index (χ3n) is 13.9. The molecule has 12 heteroatoms. The van der Waals surface area contributed by atoms with E-state index in [1.54, 1.807) is 7.11 Å². The second kappa shape index (κ2) is 14.0. The first-order chi connectivity index (χ1) is 25.0. The van der Waals surface area contributed by atoms with Gasteiger partial charge < -0.3 is 52.8 Å². The van der Waals surface area contributed by atoms with Crippen LogP contribution < -0.4 is 0 Å². The Morgan fingerprint density at radius 1 is 0.846 bits per heavy atom. The monoisotopic (exact) mass is 730 g/mol. The van der Waals surface area contributed by atoms with Gasteiger partial charge in [-0.05, 0) is 62.0 Å². The molecule has 0 saturated carbocycles. The number of ketones is 1.